The Hall–Kier alpha value is -1.34. The van der Waals surface area contributed by atoms with E-state index >= 15 is 0 Å². The van der Waals surface area contributed by atoms with Crippen LogP contribution in [0.1, 0.15) is 13.8 Å². The van der Waals surface area contributed by atoms with Crippen molar-refractivity contribution < 1.29 is 24.2 Å². The lowest BCUT2D eigenvalue weighted by atomic mass is 10.0. The molecule has 1 heterocycles. The normalized spacial score (nSPS) is 21.6. The molecule has 2 atom stereocenters. The summed E-state index contributed by atoms with van der Waals surface area (Å²) >= 11 is 0. The lowest BCUT2D eigenvalue weighted by molar-refractivity contribution is -0.142. The summed E-state index contributed by atoms with van der Waals surface area (Å²) in [7, 11) is 3.23. The highest BCUT2D eigenvalue weighted by atomic mass is 16.5. The molecule has 0 spiro atoms. The van der Waals surface area contributed by atoms with Gasteiger partial charge in [-0.3, -0.25) is 4.79 Å². The summed E-state index contributed by atoms with van der Waals surface area (Å²) in [5, 5.41) is 9.19. The molecule has 2 amide bonds. The highest BCUT2D eigenvalue weighted by Gasteiger charge is 2.39. The van der Waals surface area contributed by atoms with Gasteiger partial charge in [-0.05, 0) is 5.92 Å². The van der Waals surface area contributed by atoms with Crippen LogP contribution in [0.15, 0.2) is 0 Å². The second-order valence-electron chi connectivity index (χ2n) is 5.78. The summed E-state index contributed by atoms with van der Waals surface area (Å²) in [6, 6.07) is -0.602. The Morgan fingerprint density at radius 1 is 1.38 bits per heavy atom. The molecule has 7 nitrogen and oxygen atoms in total. The second-order valence-corrected chi connectivity index (χ2v) is 5.78. The fraction of sp³-hybridized carbons (Fsp3) is 0.857. The third kappa shape index (κ3) is 4.86. The van der Waals surface area contributed by atoms with Crippen LogP contribution >= 0.6 is 0 Å². The molecule has 0 bridgehead atoms. The number of likely N-dealkylation sites (N-methyl/N-ethyl adjacent to an activating group) is 1. The number of hydrogen-bond acceptors (Lipinski definition) is 4. The first kappa shape index (κ1) is 17.7. The zero-order chi connectivity index (χ0) is 16.0. The summed E-state index contributed by atoms with van der Waals surface area (Å²) in [6.45, 7) is 6.04. The van der Waals surface area contributed by atoms with Crippen LogP contribution in [0.5, 0.6) is 0 Å². The molecule has 1 fully saturated rings. The second kappa shape index (κ2) is 8.19. The predicted molar refractivity (Wildman–Crippen MR) is 77.2 cm³/mol. The van der Waals surface area contributed by atoms with Crippen molar-refractivity contribution in [2.45, 2.75) is 19.9 Å². The molecule has 122 valence electrons. The van der Waals surface area contributed by atoms with Gasteiger partial charge in [0, 0.05) is 27.2 Å². The number of carbonyl (C=O) groups is 2. The van der Waals surface area contributed by atoms with Gasteiger partial charge in [-0.1, -0.05) is 13.8 Å². The van der Waals surface area contributed by atoms with Gasteiger partial charge < -0.3 is 24.4 Å². The minimum absolute atomic E-state index is 0.153. The number of hydrogen-bond donors (Lipinski definition) is 1. The number of nitrogens with zero attached hydrogens (tertiary/aromatic N) is 2. The smallest absolute Gasteiger partial charge is 0.320 e. The summed E-state index contributed by atoms with van der Waals surface area (Å²) < 4.78 is 10.3. The number of amides is 2. The van der Waals surface area contributed by atoms with Crippen molar-refractivity contribution in [2.75, 3.05) is 47.1 Å². The van der Waals surface area contributed by atoms with Gasteiger partial charge in [-0.25, -0.2) is 4.79 Å². The summed E-state index contributed by atoms with van der Waals surface area (Å²) in [4.78, 5) is 27.0. The molecule has 0 aromatic carbocycles. The van der Waals surface area contributed by atoms with E-state index in [9.17, 15) is 14.7 Å². The van der Waals surface area contributed by atoms with E-state index in [0.29, 0.717) is 25.6 Å². The SMILES string of the molecule is COCCN(CC(C)C)C(=O)N(C)C1COCC1C(=O)O. The highest BCUT2D eigenvalue weighted by molar-refractivity contribution is 5.77. The van der Waals surface area contributed by atoms with Gasteiger partial charge in [-0.2, -0.15) is 0 Å². The zero-order valence-electron chi connectivity index (χ0n) is 13.2. The standard InChI is InChI=1S/C14H26N2O5/c1-10(2)7-16(5-6-20-4)14(19)15(3)12-9-21-8-11(12)13(17)18/h10-12H,5-9H2,1-4H3,(H,17,18). The zero-order valence-corrected chi connectivity index (χ0v) is 13.2. The molecule has 1 rings (SSSR count). The number of ether oxygens (including phenoxy) is 2. The Kier molecular flexibility index (Phi) is 6.91. The summed E-state index contributed by atoms with van der Waals surface area (Å²) in [5.41, 5.74) is 0. The van der Waals surface area contributed by atoms with Crippen LogP contribution in [-0.2, 0) is 14.3 Å². The van der Waals surface area contributed by atoms with Gasteiger partial charge in [0.1, 0.15) is 5.92 Å². The van der Waals surface area contributed by atoms with Gasteiger partial charge >= 0.3 is 12.0 Å². The van der Waals surface area contributed by atoms with E-state index in [1.165, 1.54) is 4.90 Å². The van der Waals surface area contributed by atoms with Gasteiger partial charge in [0.15, 0.2) is 0 Å². The Labute approximate surface area is 125 Å². The van der Waals surface area contributed by atoms with E-state index in [-0.39, 0.29) is 19.2 Å². The fourth-order valence-corrected chi connectivity index (χ4v) is 2.43. The van der Waals surface area contributed by atoms with E-state index in [1.54, 1.807) is 19.1 Å². The topological polar surface area (TPSA) is 79.3 Å². The number of carboxylic acids is 1. The monoisotopic (exact) mass is 302 g/mol. The van der Waals surface area contributed by atoms with E-state index < -0.39 is 17.9 Å². The van der Waals surface area contributed by atoms with Gasteiger partial charge in [0.25, 0.3) is 0 Å². The number of carboxylic acid groups (broad SMARTS) is 1. The third-order valence-electron chi connectivity index (χ3n) is 3.59. The van der Waals surface area contributed by atoms with Gasteiger partial charge in [0.2, 0.25) is 0 Å². The number of urea groups is 1. The average molecular weight is 302 g/mol. The maximum Gasteiger partial charge on any atom is 0.320 e. The van der Waals surface area contributed by atoms with Crippen molar-refractivity contribution in [1.82, 2.24) is 9.80 Å². The van der Waals surface area contributed by atoms with Crippen molar-refractivity contribution in [3.05, 3.63) is 0 Å². The Bertz CT molecular complexity index is 361. The molecule has 0 radical (unpaired) electrons. The van der Waals surface area contributed by atoms with Crippen molar-refractivity contribution in [2.24, 2.45) is 11.8 Å². The maximum atomic E-state index is 12.6. The average Bonchev–Trinajstić information content (AvgIpc) is 2.90. The first-order chi connectivity index (χ1) is 9.88. The Morgan fingerprint density at radius 2 is 2.05 bits per heavy atom. The van der Waals surface area contributed by atoms with Crippen LogP contribution in [0.4, 0.5) is 4.79 Å². The lowest BCUT2D eigenvalue weighted by Crippen LogP contribution is -2.51. The predicted octanol–water partition coefficient (Wildman–Crippen LogP) is 0.742. The minimum atomic E-state index is -0.926. The molecule has 0 saturated carbocycles. The molecule has 0 aromatic rings. The van der Waals surface area contributed by atoms with Crippen molar-refractivity contribution in [1.29, 1.82) is 0 Å². The third-order valence-corrected chi connectivity index (χ3v) is 3.59. The van der Waals surface area contributed by atoms with Crippen molar-refractivity contribution in [3.8, 4) is 0 Å². The van der Waals surface area contributed by atoms with Crippen LogP contribution < -0.4 is 0 Å². The van der Waals surface area contributed by atoms with Crippen LogP contribution in [0.3, 0.4) is 0 Å². The fourth-order valence-electron chi connectivity index (χ4n) is 2.43. The molecule has 0 aromatic heterocycles. The van der Waals surface area contributed by atoms with Crippen LogP contribution in [0, 0.1) is 11.8 Å². The quantitative estimate of drug-likeness (QED) is 0.750. The summed E-state index contributed by atoms with van der Waals surface area (Å²) in [5.74, 6) is -1.26. The van der Waals surface area contributed by atoms with E-state index in [0.717, 1.165) is 0 Å². The molecule has 1 N–H and O–H groups in total. The Morgan fingerprint density at radius 3 is 2.57 bits per heavy atom. The number of methoxy groups -OCH3 is 1. The number of rotatable bonds is 7. The van der Waals surface area contributed by atoms with Crippen LogP contribution in [-0.4, -0.2) is 80.0 Å². The molecule has 1 saturated heterocycles. The molecular weight excluding hydrogens is 276 g/mol. The van der Waals surface area contributed by atoms with Crippen LogP contribution in [0.2, 0.25) is 0 Å². The summed E-state index contributed by atoms with van der Waals surface area (Å²) in [6.07, 6.45) is 0. The van der Waals surface area contributed by atoms with Gasteiger partial charge in [0.05, 0.1) is 25.9 Å². The minimum Gasteiger partial charge on any atom is -0.481 e. The van der Waals surface area contributed by atoms with E-state index in [4.69, 9.17) is 9.47 Å². The molecule has 7 heteroatoms. The number of aliphatic carboxylic acids is 1. The van der Waals surface area contributed by atoms with Gasteiger partial charge in [-0.15, -0.1) is 0 Å². The van der Waals surface area contributed by atoms with Crippen LogP contribution in [0.25, 0.3) is 0 Å². The molecule has 1 aliphatic rings. The highest BCUT2D eigenvalue weighted by Crippen LogP contribution is 2.20. The largest absolute Gasteiger partial charge is 0.481 e. The first-order valence-electron chi connectivity index (χ1n) is 7.19. The molecule has 0 aliphatic carbocycles. The molecule has 21 heavy (non-hydrogen) atoms. The molecular formula is C14H26N2O5. The van der Waals surface area contributed by atoms with E-state index in [2.05, 4.69) is 0 Å². The number of carbonyl (C=O) groups excluding carboxylic acids is 1. The lowest BCUT2D eigenvalue weighted by Gasteiger charge is -2.33. The van der Waals surface area contributed by atoms with Crippen molar-refractivity contribution >= 4 is 12.0 Å². The molecule has 2 unspecified atom stereocenters. The Balaban J connectivity index is 2.74. The molecule has 1 aliphatic heterocycles. The maximum absolute atomic E-state index is 12.6. The van der Waals surface area contributed by atoms with E-state index in [1.807, 2.05) is 13.8 Å². The van der Waals surface area contributed by atoms with Crippen molar-refractivity contribution in [3.63, 3.8) is 0 Å². The first-order valence-corrected chi connectivity index (χ1v) is 7.19.